The fourth-order valence-electron chi connectivity index (χ4n) is 2.35. The summed E-state index contributed by atoms with van der Waals surface area (Å²) in [5.41, 5.74) is 2.34. The SMILES string of the molecule is CCNc1cnccc1N1CCNC(COC)C1. The van der Waals surface area contributed by atoms with E-state index in [9.17, 15) is 0 Å². The largest absolute Gasteiger partial charge is 0.383 e. The number of nitrogens with one attached hydrogen (secondary N) is 2. The van der Waals surface area contributed by atoms with E-state index in [2.05, 4.69) is 33.5 Å². The Labute approximate surface area is 109 Å². The second kappa shape index (κ2) is 6.56. The molecule has 0 bridgehead atoms. The van der Waals surface area contributed by atoms with Gasteiger partial charge in [0.2, 0.25) is 0 Å². The van der Waals surface area contributed by atoms with Crippen molar-refractivity contribution in [2.75, 3.05) is 50.1 Å². The molecule has 1 unspecified atom stereocenters. The number of rotatable bonds is 5. The molecule has 5 nitrogen and oxygen atoms in total. The van der Waals surface area contributed by atoms with E-state index in [1.807, 2.05) is 12.4 Å². The Bertz CT molecular complexity index is 370. The van der Waals surface area contributed by atoms with E-state index in [1.165, 1.54) is 5.69 Å². The van der Waals surface area contributed by atoms with Gasteiger partial charge in [-0.15, -0.1) is 0 Å². The standard InChI is InChI=1S/C13H22N4O/c1-3-15-12-8-14-5-4-13(12)17-7-6-16-11(9-17)10-18-2/h4-5,8,11,15-16H,3,6-7,9-10H2,1-2H3. The van der Waals surface area contributed by atoms with Crippen molar-refractivity contribution < 1.29 is 4.74 Å². The molecule has 1 aromatic heterocycles. The molecule has 1 aliphatic heterocycles. The Balaban J connectivity index is 2.10. The predicted molar refractivity (Wildman–Crippen MR) is 74.3 cm³/mol. The van der Waals surface area contributed by atoms with E-state index in [1.54, 1.807) is 7.11 Å². The average Bonchev–Trinajstić information content (AvgIpc) is 2.40. The third-order valence-corrected chi connectivity index (χ3v) is 3.13. The van der Waals surface area contributed by atoms with Gasteiger partial charge in [-0.3, -0.25) is 4.98 Å². The number of anilines is 2. The molecule has 1 saturated heterocycles. The van der Waals surface area contributed by atoms with Gasteiger partial charge < -0.3 is 20.3 Å². The summed E-state index contributed by atoms with van der Waals surface area (Å²) >= 11 is 0. The zero-order valence-corrected chi connectivity index (χ0v) is 11.1. The summed E-state index contributed by atoms with van der Waals surface area (Å²) in [4.78, 5) is 6.57. The van der Waals surface area contributed by atoms with Gasteiger partial charge in [0, 0.05) is 45.5 Å². The minimum atomic E-state index is 0.395. The lowest BCUT2D eigenvalue weighted by Gasteiger charge is -2.35. The van der Waals surface area contributed by atoms with Crippen LogP contribution in [0.25, 0.3) is 0 Å². The summed E-state index contributed by atoms with van der Waals surface area (Å²) in [5, 5.41) is 6.83. The number of hydrogen-bond donors (Lipinski definition) is 2. The minimum Gasteiger partial charge on any atom is -0.383 e. The number of pyridine rings is 1. The average molecular weight is 250 g/mol. The van der Waals surface area contributed by atoms with Gasteiger partial charge in [-0.2, -0.15) is 0 Å². The van der Waals surface area contributed by atoms with Gasteiger partial charge in [0.25, 0.3) is 0 Å². The zero-order valence-electron chi connectivity index (χ0n) is 11.1. The third kappa shape index (κ3) is 3.11. The molecule has 18 heavy (non-hydrogen) atoms. The van der Waals surface area contributed by atoms with Crippen LogP contribution in [-0.4, -0.2) is 50.9 Å². The highest BCUT2D eigenvalue weighted by Crippen LogP contribution is 2.25. The fraction of sp³-hybridized carbons (Fsp3) is 0.615. The maximum absolute atomic E-state index is 5.23. The first-order valence-corrected chi connectivity index (χ1v) is 6.50. The molecule has 0 saturated carbocycles. The first kappa shape index (κ1) is 13.1. The molecule has 1 fully saturated rings. The van der Waals surface area contributed by atoms with Crippen LogP contribution in [0.15, 0.2) is 18.5 Å². The summed E-state index contributed by atoms with van der Waals surface area (Å²) in [6.45, 7) is 6.73. The smallest absolute Gasteiger partial charge is 0.0764 e. The highest BCUT2D eigenvalue weighted by Gasteiger charge is 2.20. The number of nitrogens with zero attached hydrogens (tertiary/aromatic N) is 2. The monoisotopic (exact) mass is 250 g/mol. The van der Waals surface area contributed by atoms with Crippen molar-refractivity contribution in [2.45, 2.75) is 13.0 Å². The normalized spacial score (nSPS) is 19.9. The van der Waals surface area contributed by atoms with E-state index in [0.717, 1.165) is 38.5 Å². The van der Waals surface area contributed by atoms with Gasteiger partial charge in [0.1, 0.15) is 0 Å². The Morgan fingerprint density at radius 3 is 3.28 bits per heavy atom. The first-order chi connectivity index (χ1) is 8.85. The summed E-state index contributed by atoms with van der Waals surface area (Å²) in [5.74, 6) is 0. The van der Waals surface area contributed by atoms with Gasteiger partial charge in [0.15, 0.2) is 0 Å². The number of aromatic nitrogens is 1. The van der Waals surface area contributed by atoms with E-state index >= 15 is 0 Å². The van der Waals surface area contributed by atoms with Crippen LogP contribution in [0.5, 0.6) is 0 Å². The fourth-order valence-corrected chi connectivity index (χ4v) is 2.35. The molecule has 0 radical (unpaired) electrons. The van der Waals surface area contributed by atoms with Crippen molar-refractivity contribution >= 4 is 11.4 Å². The Morgan fingerprint density at radius 2 is 2.50 bits per heavy atom. The Kier molecular flexibility index (Phi) is 4.78. The van der Waals surface area contributed by atoms with Crippen molar-refractivity contribution in [1.82, 2.24) is 10.3 Å². The summed E-state index contributed by atoms with van der Waals surface area (Å²) in [7, 11) is 1.75. The van der Waals surface area contributed by atoms with Crippen LogP contribution in [0.4, 0.5) is 11.4 Å². The maximum Gasteiger partial charge on any atom is 0.0764 e. The van der Waals surface area contributed by atoms with Crippen LogP contribution >= 0.6 is 0 Å². The molecule has 0 aromatic carbocycles. The Morgan fingerprint density at radius 1 is 1.61 bits per heavy atom. The summed E-state index contributed by atoms with van der Waals surface area (Å²) < 4.78 is 5.23. The van der Waals surface area contributed by atoms with Crippen molar-refractivity contribution in [3.05, 3.63) is 18.5 Å². The van der Waals surface area contributed by atoms with Gasteiger partial charge in [-0.05, 0) is 13.0 Å². The molecule has 5 heteroatoms. The van der Waals surface area contributed by atoms with Gasteiger partial charge in [-0.25, -0.2) is 0 Å². The molecule has 1 atom stereocenters. The van der Waals surface area contributed by atoms with Gasteiger partial charge in [0.05, 0.1) is 24.2 Å². The Hall–Kier alpha value is -1.33. The number of ether oxygens (including phenoxy) is 1. The number of piperazine rings is 1. The van der Waals surface area contributed by atoms with E-state index < -0.39 is 0 Å². The predicted octanol–water partition coefficient (Wildman–Crippen LogP) is 0.938. The first-order valence-electron chi connectivity index (χ1n) is 6.50. The quantitative estimate of drug-likeness (QED) is 0.814. The molecule has 2 heterocycles. The second-order valence-electron chi connectivity index (χ2n) is 4.48. The van der Waals surface area contributed by atoms with Crippen molar-refractivity contribution in [3.8, 4) is 0 Å². The molecule has 1 aromatic rings. The molecular weight excluding hydrogens is 228 g/mol. The summed E-state index contributed by atoms with van der Waals surface area (Å²) in [6, 6.07) is 2.47. The summed E-state index contributed by atoms with van der Waals surface area (Å²) in [6.07, 6.45) is 3.75. The topological polar surface area (TPSA) is 49.4 Å². The lowest BCUT2D eigenvalue weighted by atomic mass is 10.2. The highest BCUT2D eigenvalue weighted by molar-refractivity contribution is 5.69. The van der Waals surface area contributed by atoms with Crippen LogP contribution in [-0.2, 0) is 4.74 Å². The van der Waals surface area contributed by atoms with Crippen molar-refractivity contribution in [3.63, 3.8) is 0 Å². The van der Waals surface area contributed by atoms with E-state index in [0.29, 0.717) is 6.04 Å². The molecule has 0 aliphatic carbocycles. The second-order valence-corrected chi connectivity index (χ2v) is 4.48. The molecule has 100 valence electrons. The van der Waals surface area contributed by atoms with Crippen LogP contribution in [0, 0.1) is 0 Å². The lowest BCUT2D eigenvalue weighted by molar-refractivity contribution is 0.163. The van der Waals surface area contributed by atoms with Gasteiger partial charge in [-0.1, -0.05) is 0 Å². The van der Waals surface area contributed by atoms with Crippen molar-refractivity contribution in [1.29, 1.82) is 0 Å². The molecule has 0 spiro atoms. The van der Waals surface area contributed by atoms with Crippen LogP contribution < -0.4 is 15.5 Å². The van der Waals surface area contributed by atoms with Crippen LogP contribution in [0.2, 0.25) is 0 Å². The number of methoxy groups -OCH3 is 1. The zero-order chi connectivity index (χ0) is 12.8. The van der Waals surface area contributed by atoms with Crippen LogP contribution in [0.1, 0.15) is 6.92 Å². The van der Waals surface area contributed by atoms with Crippen LogP contribution in [0.3, 0.4) is 0 Å². The van der Waals surface area contributed by atoms with Crippen molar-refractivity contribution in [2.24, 2.45) is 0 Å². The molecular formula is C13H22N4O. The minimum absolute atomic E-state index is 0.395. The number of hydrogen-bond acceptors (Lipinski definition) is 5. The third-order valence-electron chi connectivity index (χ3n) is 3.13. The van der Waals surface area contributed by atoms with Gasteiger partial charge >= 0.3 is 0 Å². The highest BCUT2D eigenvalue weighted by atomic mass is 16.5. The molecule has 2 rings (SSSR count). The maximum atomic E-state index is 5.23. The molecule has 2 N–H and O–H groups in total. The molecule has 0 amide bonds. The van der Waals surface area contributed by atoms with E-state index in [4.69, 9.17) is 4.74 Å². The van der Waals surface area contributed by atoms with E-state index in [-0.39, 0.29) is 0 Å². The lowest BCUT2D eigenvalue weighted by Crippen LogP contribution is -2.52. The molecule has 1 aliphatic rings.